The number of thioether (sulfide) groups is 1. The summed E-state index contributed by atoms with van der Waals surface area (Å²) in [4.78, 5) is 22.4. The summed E-state index contributed by atoms with van der Waals surface area (Å²) >= 11 is 1.26. The maximum atomic E-state index is 11.2. The Bertz CT molecular complexity index is 421. The van der Waals surface area contributed by atoms with Crippen LogP contribution in [0.15, 0.2) is 30.3 Å². The molecule has 0 heterocycles. The first-order valence-electron chi connectivity index (χ1n) is 5.20. The Morgan fingerprint density at radius 3 is 2.47 bits per heavy atom. The minimum atomic E-state index is -0.363. The summed E-state index contributed by atoms with van der Waals surface area (Å²) in [7, 11) is 1.34. The second-order valence-corrected chi connectivity index (χ2v) is 4.47. The molecule has 0 aliphatic carbocycles. The van der Waals surface area contributed by atoms with Crippen molar-refractivity contribution in [3.63, 3.8) is 0 Å². The number of ether oxygens (including phenoxy) is 1. The van der Waals surface area contributed by atoms with Gasteiger partial charge < -0.3 is 4.74 Å². The van der Waals surface area contributed by atoms with Gasteiger partial charge in [-0.2, -0.15) is 0 Å². The molecular weight excluding hydrogens is 236 g/mol. The Morgan fingerprint density at radius 1 is 1.29 bits per heavy atom. The zero-order valence-corrected chi connectivity index (χ0v) is 10.6. The van der Waals surface area contributed by atoms with E-state index in [1.165, 1.54) is 24.9 Å². The van der Waals surface area contributed by atoms with E-state index in [4.69, 9.17) is 0 Å². The lowest BCUT2D eigenvalue weighted by Crippen LogP contribution is -2.00. The first-order valence-corrected chi connectivity index (χ1v) is 6.19. The molecule has 4 heteroatoms. The summed E-state index contributed by atoms with van der Waals surface area (Å²) in [5, 5.41) is 0.0320. The van der Waals surface area contributed by atoms with Gasteiger partial charge in [0, 0.05) is 0 Å². The van der Waals surface area contributed by atoms with Gasteiger partial charge in [-0.3, -0.25) is 4.79 Å². The highest BCUT2D eigenvalue weighted by atomic mass is 32.2. The summed E-state index contributed by atoms with van der Waals surface area (Å²) in [6.45, 7) is 1.93. The smallest absolute Gasteiger partial charge is 0.337 e. The molecule has 1 aromatic carbocycles. The third-order valence-corrected chi connectivity index (χ3v) is 2.74. The lowest BCUT2D eigenvalue weighted by Gasteiger charge is -1.99. The predicted molar refractivity (Wildman–Crippen MR) is 70.0 cm³/mol. The van der Waals surface area contributed by atoms with E-state index in [0.29, 0.717) is 5.56 Å². The number of hydrogen-bond donors (Lipinski definition) is 0. The Labute approximate surface area is 105 Å². The van der Waals surface area contributed by atoms with Crippen LogP contribution in [0, 0.1) is 0 Å². The van der Waals surface area contributed by atoms with E-state index in [9.17, 15) is 9.59 Å². The van der Waals surface area contributed by atoms with Gasteiger partial charge >= 0.3 is 5.97 Å². The molecule has 0 saturated carbocycles. The Kier molecular flexibility index (Phi) is 5.49. The second-order valence-electron chi connectivity index (χ2n) is 3.20. The van der Waals surface area contributed by atoms with Gasteiger partial charge in [-0.05, 0) is 29.5 Å². The number of hydrogen-bond acceptors (Lipinski definition) is 4. The van der Waals surface area contributed by atoms with Gasteiger partial charge in [0.25, 0.3) is 0 Å². The summed E-state index contributed by atoms with van der Waals surface area (Å²) in [5.74, 6) is 0.405. The number of methoxy groups -OCH3 is 1. The van der Waals surface area contributed by atoms with Crippen LogP contribution >= 0.6 is 11.8 Å². The fraction of sp³-hybridized carbons (Fsp3) is 0.231. The standard InChI is InChI=1S/C13H14O3S/c1-3-17-12(14)9-6-10-4-7-11(8-5-10)13(15)16-2/h4-9H,3H2,1-2H3/b9-6+. The fourth-order valence-corrected chi connectivity index (χ4v) is 1.65. The molecule has 0 fully saturated rings. The maximum Gasteiger partial charge on any atom is 0.337 e. The minimum absolute atomic E-state index is 0.0320. The van der Waals surface area contributed by atoms with E-state index >= 15 is 0 Å². The second kappa shape index (κ2) is 6.91. The topological polar surface area (TPSA) is 43.4 Å². The number of carbonyl (C=O) groups is 2. The SMILES string of the molecule is CCSC(=O)/C=C/c1ccc(C(=O)OC)cc1. The number of rotatable bonds is 4. The number of benzene rings is 1. The zero-order chi connectivity index (χ0) is 12.7. The summed E-state index contributed by atoms with van der Waals surface area (Å²) in [6, 6.07) is 6.88. The van der Waals surface area contributed by atoms with Crippen LogP contribution in [0.4, 0.5) is 0 Å². The van der Waals surface area contributed by atoms with Crippen molar-refractivity contribution in [2.45, 2.75) is 6.92 Å². The number of carbonyl (C=O) groups excluding carboxylic acids is 2. The van der Waals surface area contributed by atoms with Crippen LogP contribution < -0.4 is 0 Å². The van der Waals surface area contributed by atoms with Gasteiger partial charge in [0.1, 0.15) is 0 Å². The maximum absolute atomic E-state index is 11.2. The van der Waals surface area contributed by atoms with Crippen molar-refractivity contribution in [2.75, 3.05) is 12.9 Å². The fourth-order valence-electron chi connectivity index (χ4n) is 1.20. The van der Waals surface area contributed by atoms with Crippen molar-refractivity contribution >= 4 is 28.9 Å². The van der Waals surface area contributed by atoms with Crippen molar-refractivity contribution in [1.29, 1.82) is 0 Å². The van der Waals surface area contributed by atoms with Crippen LogP contribution in [0.2, 0.25) is 0 Å². The van der Waals surface area contributed by atoms with Crippen molar-refractivity contribution in [2.24, 2.45) is 0 Å². The highest BCUT2D eigenvalue weighted by molar-refractivity contribution is 8.14. The molecule has 0 unspecified atom stereocenters. The number of esters is 1. The lowest BCUT2D eigenvalue weighted by atomic mass is 10.1. The van der Waals surface area contributed by atoms with Gasteiger partial charge in [0.2, 0.25) is 5.12 Å². The highest BCUT2D eigenvalue weighted by Crippen LogP contribution is 2.09. The molecule has 0 amide bonds. The molecule has 3 nitrogen and oxygen atoms in total. The molecule has 0 bridgehead atoms. The molecule has 17 heavy (non-hydrogen) atoms. The van der Waals surface area contributed by atoms with E-state index < -0.39 is 0 Å². The predicted octanol–water partition coefficient (Wildman–Crippen LogP) is 2.77. The van der Waals surface area contributed by atoms with Crippen molar-refractivity contribution in [3.8, 4) is 0 Å². The van der Waals surface area contributed by atoms with Crippen molar-refractivity contribution in [1.82, 2.24) is 0 Å². The Morgan fingerprint density at radius 2 is 1.94 bits per heavy atom. The molecule has 0 atom stereocenters. The van der Waals surface area contributed by atoms with Crippen LogP contribution in [0.25, 0.3) is 6.08 Å². The van der Waals surface area contributed by atoms with Gasteiger partial charge in [-0.15, -0.1) is 0 Å². The lowest BCUT2D eigenvalue weighted by molar-refractivity contribution is -0.106. The summed E-state index contributed by atoms with van der Waals surface area (Å²) in [6.07, 6.45) is 3.26. The van der Waals surface area contributed by atoms with Crippen LogP contribution in [0.5, 0.6) is 0 Å². The van der Waals surface area contributed by atoms with Crippen molar-refractivity contribution in [3.05, 3.63) is 41.5 Å². The molecule has 0 aromatic heterocycles. The van der Waals surface area contributed by atoms with Crippen molar-refractivity contribution < 1.29 is 14.3 Å². The first kappa shape index (κ1) is 13.5. The highest BCUT2D eigenvalue weighted by Gasteiger charge is 2.03. The normalized spacial score (nSPS) is 10.5. The van der Waals surface area contributed by atoms with Gasteiger partial charge in [0.05, 0.1) is 12.7 Å². The van der Waals surface area contributed by atoms with E-state index in [1.807, 2.05) is 6.92 Å². The molecule has 0 saturated heterocycles. The van der Waals surface area contributed by atoms with Gasteiger partial charge in [-0.1, -0.05) is 36.9 Å². The molecule has 1 aromatic rings. The molecule has 0 spiro atoms. The van der Waals surface area contributed by atoms with Gasteiger partial charge in [0.15, 0.2) is 0 Å². The first-order chi connectivity index (χ1) is 8.17. The monoisotopic (exact) mass is 250 g/mol. The molecule has 1 rings (SSSR count). The molecule has 0 aliphatic heterocycles. The molecule has 0 N–H and O–H groups in total. The molecule has 90 valence electrons. The van der Waals surface area contributed by atoms with Gasteiger partial charge in [-0.25, -0.2) is 4.79 Å². The molecule has 0 radical (unpaired) electrons. The third kappa shape index (κ3) is 4.44. The average molecular weight is 250 g/mol. The quantitative estimate of drug-likeness (QED) is 0.609. The Hall–Kier alpha value is -1.55. The zero-order valence-electron chi connectivity index (χ0n) is 9.80. The van der Waals surface area contributed by atoms with Crippen LogP contribution in [0.3, 0.4) is 0 Å². The largest absolute Gasteiger partial charge is 0.465 e. The summed E-state index contributed by atoms with van der Waals surface area (Å²) < 4.78 is 4.59. The van der Waals surface area contributed by atoms with Crippen LogP contribution in [-0.4, -0.2) is 23.9 Å². The van der Waals surface area contributed by atoms with E-state index in [0.717, 1.165) is 11.3 Å². The average Bonchev–Trinajstić information content (AvgIpc) is 2.36. The van der Waals surface area contributed by atoms with E-state index in [2.05, 4.69) is 4.74 Å². The van der Waals surface area contributed by atoms with Crippen LogP contribution in [-0.2, 0) is 9.53 Å². The minimum Gasteiger partial charge on any atom is -0.465 e. The Balaban J connectivity index is 2.68. The third-order valence-electron chi connectivity index (χ3n) is 2.03. The van der Waals surface area contributed by atoms with E-state index in [1.54, 1.807) is 30.3 Å². The summed E-state index contributed by atoms with van der Waals surface area (Å²) in [5.41, 5.74) is 1.38. The molecular formula is C13H14O3S. The molecule has 0 aliphatic rings. The van der Waals surface area contributed by atoms with E-state index in [-0.39, 0.29) is 11.1 Å². The van der Waals surface area contributed by atoms with Crippen LogP contribution in [0.1, 0.15) is 22.8 Å².